The molecule has 0 amide bonds. The number of rotatable bonds is 6. The topological polar surface area (TPSA) is 76.5 Å². The van der Waals surface area contributed by atoms with Crippen molar-refractivity contribution in [3.8, 4) is 5.88 Å². The molecule has 0 fully saturated rings. The van der Waals surface area contributed by atoms with Gasteiger partial charge < -0.3 is 9.84 Å². The molecule has 23 heavy (non-hydrogen) atoms. The number of carboxylic acid groups (broad SMARTS) is 1. The van der Waals surface area contributed by atoms with Crippen LogP contribution in [0, 0.1) is 13.8 Å². The lowest BCUT2D eigenvalue weighted by Crippen LogP contribution is -2.19. The SMILES string of the molecule is COc1nc(C)cc(C)c1CS(=O)C(C(=O)O)c1ccccc1. The summed E-state index contributed by atoms with van der Waals surface area (Å²) in [6, 6.07) is 10.5. The van der Waals surface area contributed by atoms with Gasteiger partial charge in [0.15, 0.2) is 5.25 Å². The number of hydrogen-bond acceptors (Lipinski definition) is 4. The number of aromatic nitrogens is 1. The number of pyridine rings is 1. The molecule has 1 aromatic heterocycles. The zero-order chi connectivity index (χ0) is 17.0. The van der Waals surface area contributed by atoms with Crippen LogP contribution in [0.5, 0.6) is 5.88 Å². The summed E-state index contributed by atoms with van der Waals surface area (Å²) in [6.45, 7) is 3.72. The number of aliphatic carboxylic acids is 1. The minimum atomic E-state index is -1.64. The van der Waals surface area contributed by atoms with E-state index in [-0.39, 0.29) is 5.75 Å². The molecule has 6 heteroatoms. The highest BCUT2D eigenvalue weighted by atomic mass is 32.2. The van der Waals surface area contributed by atoms with Gasteiger partial charge in [-0.3, -0.25) is 9.00 Å². The predicted molar refractivity (Wildman–Crippen MR) is 88.9 cm³/mol. The summed E-state index contributed by atoms with van der Waals surface area (Å²) in [4.78, 5) is 15.9. The molecule has 1 heterocycles. The van der Waals surface area contributed by atoms with Crippen LogP contribution in [-0.4, -0.2) is 27.4 Å². The van der Waals surface area contributed by atoms with Crippen LogP contribution >= 0.6 is 0 Å². The van der Waals surface area contributed by atoms with Crippen molar-refractivity contribution in [1.29, 1.82) is 0 Å². The first-order valence-electron chi connectivity index (χ1n) is 7.10. The predicted octanol–water partition coefficient (Wildman–Crippen LogP) is 2.78. The summed E-state index contributed by atoms with van der Waals surface area (Å²) >= 11 is 0. The minimum Gasteiger partial charge on any atom is -0.481 e. The molecule has 0 saturated heterocycles. The zero-order valence-corrected chi connectivity index (χ0v) is 14.1. The lowest BCUT2D eigenvalue weighted by atomic mass is 10.1. The van der Waals surface area contributed by atoms with Crippen LogP contribution in [0.4, 0.5) is 0 Å². The quantitative estimate of drug-likeness (QED) is 0.879. The number of carbonyl (C=O) groups is 1. The second-order valence-electron chi connectivity index (χ2n) is 5.22. The van der Waals surface area contributed by atoms with Crippen molar-refractivity contribution in [2.45, 2.75) is 24.9 Å². The van der Waals surface area contributed by atoms with Crippen LogP contribution in [0.3, 0.4) is 0 Å². The van der Waals surface area contributed by atoms with Gasteiger partial charge in [-0.05, 0) is 31.0 Å². The van der Waals surface area contributed by atoms with Gasteiger partial charge in [-0.15, -0.1) is 0 Å². The van der Waals surface area contributed by atoms with Gasteiger partial charge in [0.2, 0.25) is 5.88 Å². The number of nitrogens with zero attached hydrogens (tertiary/aromatic N) is 1. The van der Waals surface area contributed by atoms with E-state index >= 15 is 0 Å². The summed E-state index contributed by atoms with van der Waals surface area (Å²) in [5.74, 6) is -0.631. The number of ether oxygens (including phenoxy) is 1. The lowest BCUT2D eigenvalue weighted by Gasteiger charge is -2.16. The molecule has 2 rings (SSSR count). The average Bonchev–Trinajstić information content (AvgIpc) is 2.50. The zero-order valence-electron chi connectivity index (χ0n) is 13.3. The van der Waals surface area contributed by atoms with E-state index in [4.69, 9.17) is 4.74 Å². The molecular weight excluding hydrogens is 314 g/mol. The van der Waals surface area contributed by atoms with E-state index in [9.17, 15) is 14.1 Å². The van der Waals surface area contributed by atoms with Crippen LogP contribution in [-0.2, 0) is 21.3 Å². The molecule has 1 N–H and O–H groups in total. The first kappa shape index (κ1) is 17.1. The molecule has 5 nitrogen and oxygen atoms in total. The molecule has 0 spiro atoms. The largest absolute Gasteiger partial charge is 0.481 e. The van der Waals surface area contributed by atoms with E-state index in [0.717, 1.165) is 11.3 Å². The van der Waals surface area contributed by atoms with E-state index in [1.165, 1.54) is 7.11 Å². The number of benzene rings is 1. The van der Waals surface area contributed by atoms with Gasteiger partial charge >= 0.3 is 5.97 Å². The van der Waals surface area contributed by atoms with Crippen LogP contribution < -0.4 is 4.74 Å². The highest BCUT2D eigenvalue weighted by Gasteiger charge is 2.28. The third-order valence-corrected chi connectivity index (χ3v) is 5.08. The third-order valence-electron chi connectivity index (χ3n) is 3.51. The second-order valence-corrected chi connectivity index (χ2v) is 6.74. The first-order valence-corrected chi connectivity index (χ1v) is 8.48. The molecule has 0 aliphatic rings. The summed E-state index contributed by atoms with van der Waals surface area (Å²) in [5.41, 5.74) is 2.89. The highest BCUT2D eigenvalue weighted by Crippen LogP contribution is 2.28. The molecule has 2 unspecified atom stereocenters. The number of methoxy groups -OCH3 is 1. The Kier molecular flexibility index (Phi) is 5.50. The van der Waals surface area contributed by atoms with Gasteiger partial charge in [0.05, 0.1) is 12.9 Å². The van der Waals surface area contributed by atoms with Crippen molar-refractivity contribution in [1.82, 2.24) is 4.98 Å². The first-order chi connectivity index (χ1) is 10.9. The van der Waals surface area contributed by atoms with Crippen molar-refractivity contribution in [2.75, 3.05) is 7.11 Å². The molecule has 0 radical (unpaired) electrons. The van der Waals surface area contributed by atoms with Crippen LogP contribution in [0.15, 0.2) is 36.4 Å². The monoisotopic (exact) mass is 333 g/mol. The maximum atomic E-state index is 12.7. The summed E-state index contributed by atoms with van der Waals surface area (Å²) < 4.78 is 18.0. The Bertz CT molecular complexity index is 731. The van der Waals surface area contributed by atoms with Crippen molar-refractivity contribution in [3.63, 3.8) is 0 Å². The smallest absolute Gasteiger partial charge is 0.323 e. The highest BCUT2D eigenvalue weighted by molar-refractivity contribution is 7.85. The van der Waals surface area contributed by atoms with Crippen LogP contribution in [0.2, 0.25) is 0 Å². The third kappa shape index (κ3) is 3.96. The van der Waals surface area contributed by atoms with E-state index < -0.39 is 22.0 Å². The lowest BCUT2D eigenvalue weighted by molar-refractivity contribution is -0.136. The summed E-state index contributed by atoms with van der Waals surface area (Å²) in [5, 5.41) is 8.39. The van der Waals surface area contributed by atoms with Crippen molar-refractivity contribution in [2.24, 2.45) is 0 Å². The Labute approximate surface area is 137 Å². The fraction of sp³-hybridized carbons (Fsp3) is 0.294. The van der Waals surface area contributed by atoms with Gasteiger partial charge in [0.25, 0.3) is 0 Å². The second kappa shape index (κ2) is 7.37. The Hall–Kier alpha value is -2.21. The van der Waals surface area contributed by atoms with Crippen LogP contribution in [0.1, 0.15) is 27.6 Å². The molecule has 122 valence electrons. The molecular formula is C17H19NO4S. The van der Waals surface area contributed by atoms with Gasteiger partial charge in [-0.1, -0.05) is 30.3 Å². The standard InChI is InChI=1S/C17H19NO4S/c1-11-9-12(2)18-16(22-3)14(11)10-23(21)15(17(19)20)13-7-5-4-6-8-13/h4-9,15H,10H2,1-3H3,(H,19,20). The fourth-order valence-corrected chi connectivity index (χ4v) is 3.92. The van der Waals surface area contributed by atoms with Gasteiger partial charge in [-0.2, -0.15) is 0 Å². The molecule has 2 atom stereocenters. The summed E-state index contributed by atoms with van der Waals surface area (Å²) in [7, 11) is -0.139. The molecule has 1 aromatic carbocycles. The van der Waals surface area contributed by atoms with Crippen LogP contribution in [0.25, 0.3) is 0 Å². The Morgan fingerprint density at radius 1 is 1.30 bits per heavy atom. The Morgan fingerprint density at radius 2 is 1.96 bits per heavy atom. The Morgan fingerprint density at radius 3 is 2.52 bits per heavy atom. The molecule has 0 aliphatic heterocycles. The van der Waals surface area contributed by atoms with Gasteiger partial charge in [0.1, 0.15) is 0 Å². The van der Waals surface area contributed by atoms with Gasteiger partial charge in [0, 0.05) is 22.1 Å². The summed E-state index contributed by atoms with van der Waals surface area (Å²) in [6.07, 6.45) is 0. The van der Waals surface area contributed by atoms with E-state index in [2.05, 4.69) is 4.98 Å². The molecule has 0 bridgehead atoms. The van der Waals surface area contributed by atoms with Crippen molar-refractivity contribution >= 4 is 16.8 Å². The maximum absolute atomic E-state index is 12.7. The molecule has 0 aliphatic carbocycles. The van der Waals surface area contributed by atoms with E-state index in [1.54, 1.807) is 30.3 Å². The maximum Gasteiger partial charge on any atom is 0.323 e. The van der Waals surface area contributed by atoms with Crippen molar-refractivity contribution < 1.29 is 18.8 Å². The van der Waals surface area contributed by atoms with E-state index in [1.807, 2.05) is 19.9 Å². The number of carboxylic acids is 1. The molecule has 2 aromatic rings. The molecule has 0 saturated carbocycles. The fourth-order valence-electron chi connectivity index (χ4n) is 2.43. The number of aryl methyl sites for hydroxylation is 2. The van der Waals surface area contributed by atoms with Crippen molar-refractivity contribution in [3.05, 3.63) is 58.8 Å². The Balaban J connectivity index is 2.35. The minimum absolute atomic E-state index is 0.0775. The number of hydrogen-bond donors (Lipinski definition) is 1. The normalized spacial score (nSPS) is 13.3. The van der Waals surface area contributed by atoms with Gasteiger partial charge in [-0.25, -0.2) is 4.98 Å². The van der Waals surface area contributed by atoms with E-state index in [0.29, 0.717) is 17.0 Å². The average molecular weight is 333 g/mol.